The van der Waals surface area contributed by atoms with Gasteiger partial charge in [0, 0.05) is 0 Å². The molecule has 0 amide bonds. The zero-order chi connectivity index (χ0) is 4.28. The van der Waals surface area contributed by atoms with Crippen LogP contribution >= 0.6 is 0 Å². The largest absolute Gasteiger partial charge is 2.00 e. The van der Waals surface area contributed by atoms with Gasteiger partial charge >= 0.3 is 21.1 Å². The van der Waals surface area contributed by atoms with E-state index in [9.17, 15) is 4.79 Å². The Morgan fingerprint density at radius 1 is 1.43 bits per heavy atom. The van der Waals surface area contributed by atoms with E-state index >= 15 is 0 Å². The van der Waals surface area contributed by atoms with Gasteiger partial charge in [-0.2, -0.15) is 0 Å². The van der Waals surface area contributed by atoms with Crippen LogP contribution in [0.4, 0.5) is 0 Å². The maximum atomic E-state index is 9.38. The molecular formula is C5H10OW. The van der Waals surface area contributed by atoms with Gasteiger partial charge in [0.25, 0.3) is 0 Å². The van der Waals surface area contributed by atoms with Crippen molar-refractivity contribution in [2.75, 3.05) is 0 Å². The Labute approximate surface area is 59.8 Å². The second-order valence-electron chi connectivity index (χ2n) is 1.27. The van der Waals surface area contributed by atoms with Crippen LogP contribution in [0.15, 0.2) is 0 Å². The first-order chi connectivity index (χ1) is 2.27. The molecule has 0 bridgehead atoms. The molecule has 0 aliphatic heterocycles. The summed E-state index contributed by atoms with van der Waals surface area (Å²) in [7, 11) is 0. The molecule has 0 aliphatic rings. The van der Waals surface area contributed by atoms with Crippen molar-refractivity contribution in [1.29, 1.82) is 0 Å². The standard InChI is InChI=1S/C4H7O.CH3.W/c1-4(2)3-5;;/h4H,1-2H3;1H3;/q2*-1;+2. The maximum absolute atomic E-state index is 9.38. The van der Waals surface area contributed by atoms with Crippen LogP contribution in [0.25, 0.3) is 0 Å². The van der Waals surface area contributed by atoms with E-state index in [2.05, 4.69) is 0 Å². The molecule has 0 fully saturated rings. The van der Waals surface area contributed by atoms with Gasteiger partial charge in [-0.05, 0) is 0 Å². The van der Waals surface area contributed by atoms with Gasteiger partial charge in [-0.25, -0.2) is 0 Å². The Kier molecular flexibility index (Phi) is 21.5. The molecule has 0 N–H and O–H groups in total. The molecule has 0 heterocycles. The minimum Gasteiger partial charge on any atom is -0.542 e. The van der Waals surface area contributed by atoms with Crippen LogP contribution in [0, 0.1) is 13.3 Å². The molecule has 0 aromatic carbocycles. The zero-order valence-corrected chi connectivity index (χ0v) is 7.83. The Balaban J connectivity index is -0.0000000800. The van der Waals surface area contributed by atoms with E-state index in [4.69, 9.17) is 0 Å². The van der Waals surface area contributed by atoms with E-state index in [1.807, 2.05) is 0 Å². The molecule has 1 nitrogen and oxygen atoms in total. The second kappa shape index (κ2) is 9.61. The molecule has 0 atom stereocenters. The molecule has 0 unspecified atom stereocenters. The summed E-state index contributed by atoms with van der Waals surface area (Å²) in [5.41, 5.74) is 0. The van der Waals surface area contributed by atoms with Crippen molar-refractivity contribution in [1.82, 2.24) is 0 Å². The smallest absolute Gasteiger partial charge is 0.542 e. The molecule has 0 aliphatic carbocycles. The summed E-state index contributed by atoms with van der Waals surface area (Å²) in [6.07, 6.45) is 1.78. The van der Waals surface area contributed by atoms with E-state index in [0.29, 0.717) is 0 Å². The Morgan fingerprint density at radius 3 is 1.57 bits per heavy atom. The van der Waals surface area contributed by atoms with Crippen molar-refractivity contribution in [3.8, 4) is 0 Å². The van der Waals surface area contributed by atoms with E-state index in [1.54, 1.807) is 20.1 Å². The topological polar surface area (TPSA) is 17.1 Å². The SMILES string of the molecule is CC(C)[C-]=O.[CH3-].[W+2]. The molecule has 0 rings (SSSR count). The first kappa shape index (κ1) is 15.7. The molecule has 7 heavy (non-hydrogen) atoms. The van der Waals surface area contributed by atoms with Gasteiger partial charge in [0.15, 0.2) is 0 Å². The third-order valence-corrected chi connectivity index (χ3v) is 0.236. The molecule has 0 saturated heterocycles. The summed E-state index contributed by atoms with van der Waals surface area (Å²) in [6, 6.07) is 0. The average Bonchev–Trinajstić information content (AvgIpc) is 1.38. The average molecular weight is 270 g/mol. The second-order valence-corrected chi connectivity index (χ2v) is 1.27. The number of rotatable bonds is 1. The Hall–Kier alpha value is 0.358. The van der Waals surface area contributed by atoms with Gasteiger partial charge in [-0.15, -0.1) is 5.92 Å². The normalized spacial score (nSPS) is 6.14. The fourth-order valence-corrected chi connectivity index (χ4v) is 0. The summed E-state index contributed by atoms with van der Waals surface area (Å²) in [5, 5.41) is 0. The third kappa shape index (κ3) is 21.7. The summed E-state index contributed by atoms with van der Waals surface area (Å²) in [5.74, 6) is 0.0787. The van der Waals surface area contributed by atoms with E-state index in [0.717, 1.165) is 0 Å². The van der Waals surface area contributed by atoms with Gasteiger partial charge in [-0.1, -0.05) is 13.8 Å². The fourth-order valence-electron chi connectivity index (χ4n) is 0. The minimum atomic E-state index is 0. The maximum Gasteiger partial charge on any atom is 2.00 e. The molecule has 2 heteroatoms. The number of hydrogen-bond donors (Lipinski definition) is 0. The predicted molar refractivity (Wildman–Crippen MR) is 26.9 cm³/mol. The Bertz CT molecular complexity index is 35.1. The summed E-state index contributed by atoms with van der Waals surface area (Å²) in [6.45, 7) is 3.60. The zero-order valence-electron chi connectivity index (χ0n) is 4.89. The monoisotopic (exact) mass is 270 g/mol. The molecule has 0 saturated carbocycles. The van der Waals surface area contributed by atoms with E-state index in [1.165, 1.54) is 0 Å². The van der Waals surface area contributed by atoms with Crippen molar-refractivity contribution in [3.63, 3.8) is 0 Å². The van der Waals surface area contributed by atoms with Crippen LogP contribution in [0.1, 0.15) is 13.8 Å². The number of hydrogen-bond acceptors (Lipinski definition) is 1. The summed E-state index contributed by atoms with van der Waals surface area (Å²) >= 11 is 0. The van der Waals surface area contributed by atoms with Crippen LogP contribution in [-0.2, 0) is 25.9 Å². The number of carbonyl (C=O) groups excluding carboxylic acids is 1. The first-order valence-electron chi connectivity index (χ1n) is 1.65. The van der Waals surface area contributed by atoms with E-state index in [-0.39, 0.29) is 34.4 Å². The summed E-state index contributed by atoms with van der Waals surface area (Å²) in [4.78, 5) is 9.38. The molecule has 42 valence electrons. The van der Waals surface area contributed by atoms with Gasteiger partial charge in [0.05, 0.1) is 0 Å². The van der Waals surface area contributed by atoms with Crippen molar-refractivity contribution < 1.29 is 25.9 Å². The molecular weight excluding hydrogens is 260 g/mol. The fraction of sp³-hybridized carbons (Fsp3) is 0.600. The first-order valence-corrected chi connectivity index (χ1v) is 1.65. The van der Waals surface area contributed by atoms with Crippen molar-refractivity contribution >= 4 is 6.29 Å². The Morgan fingerprint density at radius 2 is 1.57 bits per heavy atom. The third-order valence-electron chi connectivity index (χ3n) is 0.236. The molecule has 0 aromatic heterocycles. The van der Waals surface area contributed by atoms with Crippen LogP contribution in [0.5, 0.6) is 0 Å². The molecule has 0 spiro atoms. The molecule has 0 radical (unpaired) electrons. The van der Waals surface area contributed by atoms with Gasteiger partial charge in [0.1, 0.15) is 0 Å². The van der Waals surface area contributed by atoms with Crippen molar-refractivity contribution in [2.45, 2.75) is 13.8 Å². The minimum absolute atomic E-state index is 0. The van der Waals surface area contributed by atoms with Crippen molar-refractivity contribution in [3.05, 3.63) is 7.43 Å². The molecule has 0 aromatic rings. The van der Waals surface area contributed by atoms with Gasteiger partial charge in [-0.3, -0.25) is 6.29 Å². The van der Waals surface area contributed by atoms with Crippen LogP contribution < -0.4 is 0 Å². The van der Waals surface area contributed by atoms with Crippen LogP contribution in [0.2, 0.25) is 0 Å². The quantitative estimate of drug-likeness (QED) is 0.654. The van der Waals surface area contributed by atoms with Gasteiger partial charge in [0.2, 0.25) is 0 Å². The van der Waals surface area contributed by atoms with Crippen LogP contribution in [-0.4, -0.2) is 6.29 Å². The van der Waals surface area contributed by atoms with Crippen LogP contribution in [0.3, 0.4) is 0 Å². The summed E-state index contributed by atoms with van der Waals surface area (Å²) < 4.78 is 0. The van der Waals surface area contributed by atoms with Crippen molar-refractivity contribution in [2.24, 2.45) is 5.92 Å². The van der Waals surface area contributed by atoms with Gasteiger partial charge < -0.3 is 12.2 Å². The predicted octanol–water partition coefficient (Wildman–Crippen LogP) is 1.20. The van der Waals surface area contributed by atoms with E-state index < -0.39 is 0 Å².